The molecular formula is C24H27N3O3. The van der Waals surface area contributed by atoms with Crippen molar-refractivity contribution in [1.29, 1.82) is 0 Å². The van der Waals surface area contributed by atoms with Gasteiger partial charge in [0.25, 0.3) is 11.8 Å². The molecule has 1 saturated carbocycles. The first-order chi connectivity index (χ1) is 14.3. The number of nitrogens with one attached hydrogen (secondary N) is 1. The molecule has 6 nitrogen and oxygen atoms in total. The Morgan fingerprint density at radius 3 is 2.20 bits per heavy atom. The van der Waals surface area contributed by atoms with Crippen LogP contribution in [0.3, 0.4) is 0 Å². The fourth-order valence-corrected chi connectivity index (χ4v) is 4.80. The predicted molar refractivity (Wildman–Crippen MR) is 116 cm³/mol. The number of carbonyl (C=O) groups excluding carboxylic acids is 3. The molecule has 1 aliphatic heterocycles. The zero-order valence-electron chi connectivity index (χ0n) is 17.9. The topological polar surface area (TPSA) is 71.4 Å². The summed E-state index contributed by atoms with van der Waals surface area (Å²) < 4.78 is 2.32. The van der Waals surface area contributed by atoms with Crippen molar-refractivity contribution >= 4 is 29.6 Å². The lowest BCUT2D eigenvalue weighted by Gasteiger charge is -2.27. The van der Waals surface area contributed by atoms with Gasteiger partial charge in [-0.05, 0) is 81.5 Å². The first-order valence-electron chi connectivity index (χ1n) is 10.4. The zero-order chi connectivity index (χ0) is 21.6. The average molecular weight is 405 g/mol. The normalized spacial score (nSPS) is 19.1. The lowest BCUT2D eigenvalue weighted by molar-refractivity contribution is -0.122. The molecule has 1 saturated heterocycles. The van der Waals surface area contributed by atoms with Crippen LogP contribution in [-0.2, 0) is 9.59 Å². The number of urea groups is 1. The highest BCUT2D eigenvalue weighted by Crippen LogP contribution is 2.34. The van der Waals surface area contributed by atoms with E-state index < -0.39 is 17.8 Å². The summed E-state index contributed by atoms with van der Waals surface area (Å²) in [7, 11) is 0. The fourth-order valence-electron chi connectivity index (χ4n) is 4.80. The Balaban J connectivity index is 1.74. The number of carbonyl (C=O) groups is 3. The van der Waals surface area contributed by atoms with Crippen LogP contribution in [0.4, 0.5) is 10.5 Å². The summed E-state index contributed by atoms with van der Waals surface area (Å²) in [5, 5.41) is 2.32. The maximum absolute atomic E-state index is 13.2. The van der Waals surface area contributed by atoms with Crippen LogP contribution in [0.25, 0.3) is 6.08 Å². The maximum atomic E-state index is 13.2. The molecule has 0 bridgehead atoms. The van der Waals surface area contributed by atoms with Crippen molar-refractivity contribution in [3.63, 3.8) is 0 Å². The molecule has 0 spiro atoms. The SMILES string of the molecule is Cc1cc(C)cc(N2C(=O)NC(=O)/C(=C\c3cc(C)n(C4CCCC4)c3C)C2=O)c1. The van der Waals surface area contributed by atoms with Gasteiger partial charge in [-0.25, -0.2) is 9.69 Å². The molecule has 2 heterocycles. The van der Waals surface area contributed by atoms with Crippen molar-refractivity contribution in [2.75, 3.05) is 4.90 Å². The van der Waals surface area contributed by atoms with E-state index in [1.807, 2.05) is 32.9 Å². The second kappa shape index (κ2) is 7.59. The minimum absolute atomic E-state index is 0.0274. The highest BCUT2D eigenvalue weighted by atomic mass is 16.2. The monoisotopic (exact) mass is 405 g/mol. The summed E-state index contributed by atoms with van der Waals surface area (Å²) in [6.45, 7) is 7.89. The number of nitrogens with zero attached hydrogens (tertiary/aromatic N) is 2. The zero-order valence-corrected chi connectivity index (χ0v) is 17.9. The minimum atomic E-state index is -0.719. The van der Waals surface area contributed by atoms with Gasteiger partial charge in [0.15, 0.2) is 0 Å². The van der Waals surface area contributed by atoms with Crippen LogP contribution in [0.2, 0.25) is 0 Å². The Morgan fingerprint density at radius 2 is 1.57 bits per heavy atom. The summed E-state index contributed by atoms with van der Waals surface area (Å²) >= 11 is 0. The van der Waals surface area contributed by atoms with Crippen LogP contribution in [0.1, 0.15) is 59.8 Å². The molecular weight excluding hydrogens is 378 g/mol. The number of benzene rings is 1. The molecule has 0 radical (unpaired) electrons. The van der Waals surface area contributed by atoms with Gasteiger partial charge in [-0.3, -0.25) is 14.9 Å². The summed E-state index contributed by atoms with van der Waals surface area (Å²) in [4.78, 5) is 39.3. The summed E-state index contributed by atoms with van der Waals surface area (Å²) in [6, 6.07) is 7.27. The second-order valence-corrected chi connectivity index (χ2v) is 8.44. The van der Waals surface area contributed by atoms with Crippen LogP contribution in [0.15, 0.2) is 29.8 Å². The highest BCUT2D eigenvalue weighted by Gasteiger charge is 2.37. The molecule has 30 heavy (non-hydrogen) atoms. The van der Waals surface area contributed by atoms with E-state index in [1.54, 1.807) is 18.2 Å². The predicted octanol–water partition coefficient (Wildman–Crippen LogP) is 4.50. The van der Waals surface area contributed by atoms with Crippen LogP contribution in [-0.4, -0.2) is 22.4 Å². The standard InChI is InChI=1S/C24H27N3O3/c1-14-9-15(2)11-20(10-14)27-23(29)21(22(28)25-24(27)30)13-18-12-16(3)26(17(18)4)19-7-5-6-8-19/h9-13,19H,5-8H2,1-4H3,(H,25,28,30)/b21-13+. The number of imide groups is 2. The van der Waals surface area contributed by atoms with E-state index in [-0.39, 0.29) is 5.57 Å². The number of aryl methyl sites for hydroxylation is 3. The van der Waals surface area contributed by atoms with Gasteiger partial charge in [0.2, 0.25) is 0 Å². The molecule has 1 aliphatic carbocycles. The first kappa shape index (κ1) is 20.1. The first-order valence-corrected chi connectivity index (χ1v) is 10.4. The van der Waals surface area contributed by atoms with Crippen molar-refractivity contribution < 1.29 is 14.4 Å². The largest absolute Gasteiger partial charge is 0.346 e. The smallest absolute Gasteiger partial charge is 0.335 e. The molecule has 1 aromatic heterocycles. The third-order valence-electron chi connectivity index (χ3n) is 6.08. The maximum Gasteiger partial charge on any atom is 0.335 e. The Bertz CT molecular complexity index is 1070. The van der Waals surface area contributed by atoms with E-state index >= 15 is 0 Å². The molecule has 1 aromatic carbocycles. The average Bonchev–Trinajstić information content (AvgIpc) is 3.25. The summed E-state index contributed by atoms with van der Waals surface area (Å²) in [6.07, 6.45) is 6.38. The molecule has 2 fully saturated rings. The van der Waals surface area contributed by atoms with Gasteiger partial charge in [0.05, 0.1) is 5.69 Å². The van der Waals surface area contributed by atoms with E-state index in [1.165, 1.54) is 12.8 Å². The molecule has 156 valence electrons. The Kier molecular flexibility index (Phi) is 5.10. The van der Waals surface area contributed by atoms with Crippen molar-refractivity contribution in [1.82, 2.24) is 9.88 Å². The van der Waals surface area contributed by atoms with E-state index in [0.717, 1.165) is 45.8 Å². The minimum Gasteiger partial charge on any atom is -0.346 e. The van der Waals surface area contributed by atoms with Crippen LogP contribution in [0.5, 0.6) is 0 Å². The lowest BCUT2D eigenvalue weighted by atomic mass is 10.1. The van der Waals surface area contributed by atoms with Gasteiger partial charge >= 0.3 is 6.03 Å². The third-order valence-corrected chi connectivity index (χ3v) is 6.08. The Labute approximate surface area is 176 Å². The fraction of sp³-hybridized carbons (Fsp3) is 0.375. The number of amides is 4. The highest BCUT2D eigenvalue weighted by molar-refractivity contribution is 6.39. The van der Waals surface area contributed by atoms with Gasteiger partial charge in [-0.2, -0.15) is 0 Å². The van der Waals surface area contributed by atoms with Crippen molar-refractivity contribution in [2.45, 2.75) is 59.4 Å². The molecule has 1 N–H and O–H groups in total. The van der Waals surface area contributed by atoms with Crippen molar-refractivity contribution in [3.8, 4) is 0 Å². The molecule has 4 rings (SSSR count). The van der Waals surface area contributed by atoms with Gasteiger partial charge in [0.1, 0.15) is 5.57 Å². The number of hydrogen-bond acceptors (Lipinski definition) is 3. The second-order valence-electron chi connectivity index (χ2n) is 8.44. The van der Waals surface area contributed by atoms with Crippen LogP contribution >= 0.6 is 0 Å². The molecule has 0 unspecified atom stereocenters. The number of anilines is 1. The molecule has 2 aliphatic rings. The molecule has 4 amide bonds. The molecule has 0 atom stereocenters. The Morgan fingerprint density at radius 1 is 0.933 bits per heavy atom. The van der Waals surface area contributed by atoms with Crippen molar-refractivity contribution in [2.24, 2.45) is 0 Å². The van der Waals surface area contributed by atoms with Crippen molar-refractivity contribution in [3.05, 3.63) is 57.9 Å². The summed E-state index contributed by atoms with van der Waals surface area (Å²) in [5.41, 5.74) is 5.32. The Hall–Kier alpha value is -3.15. The van der Waals surface area contributed by atoms with E-state index in [4.69, 9.17) is 0 Å². The van der Waals surface area contributed by atoms with Crippen LogP contribution < -0.4 is 10.2 Å². The van der Waals surface area contributed by atoms with Gasteiger partial charge in [-0.1, -0.05) is 18.9 Å². The summed E-state index contributed by atoms with van der Waals surface area (Å²) in [5.74, 6) is -1.25. The van der Waals surface area contributed by atoms with Crippen LogP contribution in [0, 0.1) is 27.7 Å². The van der Waals surface area contributed by atoms with Gasteiger partial charge < -0.3 is 4.57 Å². The molecule has 2 aromatic rings. The number of hydrogen-bond donors (Lipinski definition) is 1. The number of rotatable bonds is 3. The van der Waals surface area contributed by atoms with E-state index in [2.05, 4.69) is 16.8 Å². The van der Waals surface area contributed by atoms with E-state index in [0.29, 0.717) is 11.7 Å². The molecule has 6 heteroatoms. The van der Waals surface area contributed by atoms with Gasteiger partial charge in [-0.15, -0.1) is 0 Å². The van der Waals surface area contributed by atoms with E-state index in [9.17, 15) is 14.4 Å². The van der Waals surface area contributed by atoms with Gasteiger partial charge in [0, 0.05) is 17.4 Å². The lowest BCUT2D eigenvalue weighted by Crippen LogP contribution is -2.54. The number of barbiturate groups is 1. The quantitative estimate of drug-likeness (QED) is 0.604. The number of aromatic nitrogens is 1. The third kappa shape index (κ3) is 3.47.